The quantitative estimate of drug-likeness (QED) is 0.615. The van der Waals surface area contributed by atoms with E-state index in [0.717, 1.165) is 11.3 Å². The molecular weight excluding hydrogens is 304 g/mol. The van der Waals surface area contributed by atoms with Crippen LogP contribution in [0.1, 0.15) is 24.2 Å². The number of nitrogens with two attached hydrogens (primary N) is 2. The molecule has 4 amide bonds. The first kappa shape index (κ1) is 16.3. The standard InChI is InChI=1S/C11H15ClN4O3S/c1-11(2,4-12)9(18)15-6-3-5(7(13)17)8(20-6)16-10(14)19/h3H,4H2,1-2H3,(H2,13,17)(H,15,18)(H3,14,16,19). The number of thiophene rings is 1. The van der Waals surface area contributed by atoms with Crippen LogP contribution in [0.25, 0.3) is 0 Å². The molecule has 7 nitrogen and oxygen atoms in total. The number of urea groups is 1. The maximum absolute atomic E-state index is 12.0. The van der Waals surface area contributed by atoms with Gasteiger partial charge in [0.05, 0.1) is 16.0 Å². The molecule has 6 N–H and O–H groups in total. The molecule has 0 saturated heterocycles. The van der Waals surface area contributed by atoms with Crippen LogP contribution >= 0.6 is 22.9 Å². The first-order valence-corrected chi connectivity index (χ1v) is 6.90. The summed E-state index contributed by atoms with van der Waals surface area (Å²) >= 11 is 6.69. The molecule has 0 unspecified atom stereocenters. The normalized spacial score (nSPS) is 10.9. The maximum atomic E-state index is 12.0. The van der Waals surface area contributed by atoms with E-state index in [0.29, 0.717) is 5.00 Å². The van der Waals surface area contributed by atoms with E-state index in [9.17, 15) is 14.4 Å². The number of hydrogen-bond acceptors (Lipinski definition) is 4. The third-order valence-corrected chi connectivity index (χ3v) is 4.05. The van der Waals surface area contributed by atoms with Crippen LogP contribution in [-0.4, -0.2) is 23.7 Å². The highest BCUT2D eigenvalue weighted by atomic mass is 35.5. The van der Waals surface area contributed by atoms with Gasteiger partial charge < -0.3 is 16.8 Å². The number of halogens is 1. The molecule has 1 heterocycles. The Bertz CT molecular complexity index is 556. The summed E-state index contributed by atoms with van der Waals surface area (Å²) in [5.41, 5.74) is 9.49. The van der Waals surface area contributed by atoms with Gasteiger partial charge in [-0.05, 0) is 19.9 Å². The van der Waals surface area contributed by atoms with Gasteiger partial charge in [0.15, 0.2) is 0 Å². The second-order valence-electron chi connectivity index (χ2n) is 4.68. The average molecular weight is 319 g/mol. The SMILES string of the molecule is CC(C)(CCl)C(=O)Nc1cc(C(N)=O)c(NC(N)=O)s1. The lowest BCUT2D eigenvalue weighted by atomic mass is 9.95. The smallest absolute Gasteiger partial charge is 0.317 e. The van der Waals surface area contributed by atoms with Gasteiger partial charge in [0.25, 0.3) is 5.91 Å². The van der Waals surface area contributed by atoms with E-state index in [1.807, 2.05) is 0 Å². The third-order valence-electron chi connectivity index (χ3n) is 2.42. The predicted molar refractivity (Wildman–Crippen MR) is 79.2 cm³/mol. The molecule has 0 atom stereocenters. The maximum Gasteiger partial charge on any atom is 0.317 e. The van der Waals surface area contributed by atoms with Gasteiger partial charge in [0, 0.05) is 5.88 Å². The summed E-state index contributed by atoms with van der Waals surface area (Å²) in [5.74, 6) is -0.906. The zero-order valence-corrected chi connectivity index (χ0v) is 12.5. The Hall–Kier alpha value is -1.80. The predicted octanol–water partition coefficient (Wildman–Crippen LogP) is 1.54. The van der Waals surface area contributed by atoms with Crippen molar-refractivity contribution in [3.8, 4) is 0 Å². The second-order valence-corrected chi connectivity index (χ2v) is 6.00. The fourth-order valence-corrected chi connectivity index (χ4v) is 2.27. The van der Waals surface area contributed by atoms with Gasteiger partial charge >= 0.3 is 6.03 Å². The highest BCUT2D eigenvalue weighted by Crippen LogP contribution is 2.33. The highest BCUT2D eigenvalue weighted by molar-refractivity contribution is 7.20. The Labute approximate surface area is 124 Å². The molecular formula is C11H15ClN4O3S. The van der Waals surface area contributed by atoms with E-state index in [4.69, 9.17) is 23.1 Å². The summed E-state index contributed by atoms with van der Waals surface area (Å²) in [7, 11) is 0. The van der Waals surface area contributed by atoms with Gasteiger partial charge in [-0.1, -0.05) is 11.3 Å². The van der Waals surface area contributed by atoms with Crippen molar-refractivity contribution in [3.63, 3.8) is 0 Å². The number of primary amides is 2. The van der Waals surface area contributed by atoms with Crippen molar-refractivity contribution in [2.75, 3.05) is 16.5 Å². The second kappa shape index (κ2) is 6.10. The number of hydrogen-bond donors (Lipinski definition) is 4. The van der Waals surface area contributed by atoms with Crippen LogP contribution in [-0.2, 0) is 4.79 Å². The molecule has 20 heavy (non-hydrogen) atoms. The fourth-order valence-electron chi connectivity index (χ4n) is 1.18. The summed E-state index contributed by atoms with van der Waals surface area (Å²) in [4.78, 5) is 34.1. The molecule has 0 bridgehead atoms. The molecule has 0 fully saturated rings. The van der Waals surface area contributed by atoms with Gasteiger partial charge in [-0.25, -0.2) is 4.79 Å². The van der Waals surface area contributed by atoms with Crippen molar-refractivity contribution in [2.24, 2.45) is 16.9 Å². The number of nitrogens with one attached hydrogen (secondary N) is 2. The van der Waals surface area contributed by atoms with Crippen molar-refractivity contribution < 1.29 is 14.4 Å². The molecule has 1 aromatic heterocycles. The van der Waals surface area contributed by atoms with E-state index in [-0.39, 0.29) is 22.4 Å². The van der Waals surface area contributed by atoms with Crippen LogP contribution in [0.2, 0.25) is 0 Å². The van der Waals surface area contributed by atoms with Gasteiger partial charge in [0.2, 0.25) is 5.91 Å². The Kier molecular flexibility index (Phi) is 4.96. The first-order valence-electron chi connectivity index (χ1n) is 5.55. The number of anilines is 2. The molecule has 0 aliphatic heterocycles. The molecule has 0 radical (unpaired) electrons. The number of rotatable bonds is 5. The van der Waals surface area contributed by atoms with Crippen molar-refractivity contribution in [1.82, 2.24) is 0 Å². The van der Waals surface area contributed by atoms with Crippen LogP contribution < -0.4 is 22.1 Å². The lowest BCUT2D eigenvalue weighted by Gasteiger charge is -2.19. The topological polar surface area (TPSA) is 127 Å². The minimum absolute atomic E-state index is 0.0766. The van der Waals surface area contributed by atoms with Gasteiger partial charge in [-0.2, -0.15) is 0 Å². The molecule has 9 heteroatoms. The molecule has 0 spiro atoms. The van der Waals surface area contributed by atoms with E-state index < -0.39 is 17.4 Å². The Balaban J connectivity index is 3.00. The zero-order valence-electron chi connectivity index (χ0n) is 11.0. The van der Waals surface area contributed by atoms with Crippen molar-refractivity contribution in [1.29, 1.82) is 0 Å². The molecule has 0 aliphatic carbocycles. The first-order chi connectivity index (χ1) is 9.17. The molecule has 0 saturated carbocycles. The largest absolute Gasteiger partial charge is 0.366 e. The monoisotopic (exact) mass is 318 g/mol. The summed E-state index contributed by atoms with van der Waals surface area (Å²) in [6, 6.07) is 0.550. The van der Waals surface area contributed by atoms with Gasteiger partial charge in [-0.3, -0.25) is 14.9 Å². The Morgan fingerprint density at radius 2 is 1.90 bits per heavy atom. The van der Waals surface area contributed by atoms with Crippen LogP contribution in [0.3, 0.4) is 0 Å². The molecule has 1 rings (SSSR count). The van der Waals surface area contributed by atoms with E-state index in [2.05, 4.69) is 10.6 Å². The molecule has 0 aromatic carbocycles. The summed E-state index contributed by atoms with van der Waals surface area (Å²) in [6.07, 6.45) is 0. The minimum atomic E-state index is -0.826. The molecule has 1 aromatic rings. The van der Waals surface area contributed by atoms with Gasteiger partial charge in [-0.15, -0.1) is 11.6 Å². The summed E-state index contributed by atoms with van der Waals surface area (Å²) in [6.45, 7) is 3.36. The summed E-state index contributed by atoms with van der Waals surface area (Å²) in [5, 5.41) is 5.45. The van der Waals surface area contributed by atoms with Crippen molar-refractivity contribution in [2.45, 2.75) is 13.8 Å². The van der Waals surface area contributed by atoms with Gasteiger partial charge in [0.1, 0.15) is 5.00 Å². The van der Waals surface area contributed by atoms with E-state index in [1.54, 1.807) is 13.8 Å². The Morgan fingerprint density at radius 3 is 2.35 bits per heavy atom. The average Bonchev–Trinajstić information content (AvgIpc) is 2.71. The number of carbonyl (C=O) groups excluding carboxylic acids is 3. The summed E-state index contributed by atoms with van der Waals surface area (Å²) < 4.78 is 0. The van der Waals surface area contributed by atoms with Crippen LogP contribution in [0, 0.1) is 5.41 Å². The van der Waals surface area contributed by atoms with Crippen LogP contribution in [0.15, 0.2) is 6.07 Å². The number of amides is 4. The zero-order chi connectivity index (χ0) is 15.5. The Morgan fingerprint density at radius 1 is 1.30 bits per heavy atom. The molecule has 110 valence electrons. The number of alkyl halides is 1. The van der Waals surface area contributed by atoms with Crippen molar-refractivity contribution >= 4 is 50.8 Å². The van der Waals surface area contributed by atoms with Crippen LogP contribution in [0.4, 0.5) is 14.8 Å². The molecule has 0 aliphatic rings. The third kappa shape index (κ3) is 3.84. The van der Waals surface area contributed by atoms with Crippen LogP contribution in [0.5, 0.6) is 0 Å². The fraction of sp³-hybridized carbons (Fsp3) is 0.364. The van der Waals surface area contributed by atoms with Crippen molar-refractivity contribution in [3.05, 3.63) is 11.6 Å². The minimum Gasteiger partial charge on any atom is -0.366 e. The number of carbonyl (C=O) groups is 3. The lowest BCUT2D eigenvalue weighted by molar-refractivity contribution is -0.122. The lowest BCUT2D eigenvalue weighted by Crippen LogP contribution is -2.31. The van der Waals surface area contributed by atoms with E-state index in [1.165, 1.54) is 6.07 Å². The highest BCUT2D eigenvalue weighted by Gasteiger charge is 2.27. The van der Waals surface area contributed by atoms with E-state index >= 15 is 0 Å².